The van der Waals surface area contributed by atoms with Gasteiger partial charge in [-0.25, -0.2) is 0 Å². The molecule has 0 aliphatic rings. The third-order valence-corrected chi connectivity index (χ3v) is 1.06. The number of aryl methyl sites for hydroxylation is 1. The van der Waals surface area contributed by atoms with Crippen molar-refractivity contribution in [2.75, 3.05) is 0 Å². The van der Waals surface area contributed by atoms with Crippen LogP contribution < -0.4 is 0 Å². The molecule has 1 heterocycles. The number of aromatic nitrogens is 1. The Balaban J connectivity index is 3.15. The van der Waals surface area contributed by atoms with E-state index in [1.165, 1.54) is 4.57 Å². The summed E-state index contributed by atoms with van der Waals surface area (Å²) in [7, 11) is 0. The van der Waals surface area contributed by atoms with Crippen molar-refractivity contribution >= 4 is 0 Å². The number of nitrogens with zero attached hydrogens (tertiary/aromatic N) is 2. The minimum Gasteiger partial charge on any atom is -0.259 e. The molecule has 0 bridgehead atoms. The molecule has 0 fully saturated rings. The topological polar surface area (TPSA) is 28.7 Å². The van der Waals surface area contributed by atoms with Crippen LogP contribution in [0.1, 0.15) is 5.69 Å². The van der Waals surface area contributed by atoms with E-state index in [1.54, 1.807) is 6.20 Å². The predicted octanol–water partition coefficient (Wildman–Crippen LogP) is 1.13. The summed E-state index contributed by atoms with van der Waals surface area (Å²) in [5.74, 6) is 0. The van der Waals surface area contributed by atoms with Crippen LogP contribution in [0.4, 0.5) is 0 Å². The number of hydrogen-bond donors (Lipinski definition) is 0. The van der Waals surface area contributed by atoms with Crippen LogP contribution in [0.15, 0.2) is 18.3 Å². The Bertz CT molecular complexity index is 217. The summed E-state index contributed by atoms with van der Waals surface area (Å²) in [4.78, 5) is 0. The Kier molecular flexibility index (Phi) is 1.05. The molecule has 2 nitrogen and oxygen atoms in total. The van der Waals surface area contributed by atoms with Crippen LogP contribution in [0.5, 0.6) is 0 Å². The van der Waals surface area contributed by atoms with Gasteiger partial charge in [0.1, 0.15) is 0 Å². The Morgan fingerprint density at radius 2 is 2.50 bits per heavy atom. The summed E-state index contributed by atoms with van der Waals surface area (Å²) in [6, 6.07) is 3.74. The van der Waals surface area contributed by atoms with Gasteiger partial charge in [0.25, 0.3) is 0 Å². The van der Waals surface area contributed by atoms with Crippen LogP contribution in [0.2, 0.25) is 0 Å². The zero-order valence-electron chi connectivity index (χ0n) is 4.63. The van der Waals surface area contributed by atoms with Gasteiger partial charge in [-0.15, -0.1) is 0 Å². The van der Waals surface area contributed by atoms with Crippen LogP contribution in [0, 0.1) is 18.4 Å². The first-order chi connectivity index (χ1) is 3.84. The molecular formula is C6H6N2. The molecule has 0 N–H and O–H groups in total. The Labute approximate surface area is 48.0 Å². The Hall–Kier alpha value is -1.23. The van der Waals surface area contributed by atoms with Gasteiger partial charge in [-0.1, -0.05) is 0 Å². The second kappa shape index (κ2) is 1.71. The molecule has 0 amide bonds. The maximum Gasteiger partial charge on any atom is 0.188 e. The van der Waals surface area contributed by atoms with Crippen LogP contribution in [0.25, 0.3) is 0 Å². The molecule has 0 saturated heterocycles. The first-order valence-corrected chi connectivity index (χ1v) is 2.38. The summed E-state index contributed by atoms with van der Waals surface area (Å²) >= 11 is 0. The molecule has 1 aromatic heterocycles. The molecular weight excluding hydrogens is 100 g/mol. The molecule has 8 heavy (non-hydrogen) atoms. The van der Waals surface area contributed by atoms with Crippen molar-refractivity contribution in [2.24, 2.45) is 0 Å². The molecule has 0 saturated carbocycles. The first-order valence-electron chi connectivity index (χ1n) is 2.38. The fourth-order valence-corrected chi connectivity index (χ4v) is 0.578. The maximum atomic E-state index is 8.32. The van der Waals surface area contributed by atoms with E-state index >= 15 is 0 Å². The highest BCUT2D eigenvalue weighted by atomic mass is 14.9. The van der Waals surface area contributed by atoms with Crippen molar-refractivity contribution in [2.45, 2.75) is 6.92 Å². The van der Waals surface area contributed by atoms with E-state index in [4.69, 9.17) is 5.26 Å². The molecule has 0 atom stereocenters. The van der Waals surface area contributed by atoms with E-state index in [1.807, 2.05) is 25.2 Å². The average Bonchev–Trinajstić information content (AvgIpc) is 2.14. The van der Waals surface area contributed by atoms with Crippen molar-refractivity contribution in [1.82, 2.24) is 4.57 Å². The minimum absolute atomic E-state index is 0.979. The lowest BCUT2D eigenvalue weighted by Gasteiger charge is -1.85. The normalized spacial score (nSPS) is 8.50. The summed E-state index contributed by atoms with van der Waals surface area (Å²) in [6.07, 6.45) is 3.72. The van der Waals surface area contributed by atoms with E-state index in [9.17, 15) is 0 Å². The van der Waals surface area contributed by atoms with Crippen LogP contribution >= 0.6 is 0 Å². The van der Waals surface area contributed by atoms with Crippen LogP contribution in [0.3, 0.4) is 0 Å². The van der Waals surface area contributed by atoms with Gasteiger partial charge in [0.05, 0.1) is 0 Å². The SMILES string of the molecule is Cc1cccn1C#N. The smallest absolute Gasteiger partial charge is 0.188 e. The lowest BCUT2D eigenvalue weighted by Crippen LogP contribution is -1.85. The highest BCUT2D eigenvalue weighted by Gasteiger charge is 1.87. The fraction of sp³-hybridized carbons (Fsp3) is 0.167. The van der Waals surface area contributed by atoms with Gasteiger partial charge in [-0.3, -0.25) is 4.57 Å². The van der Waals surface area contributed by atoms with Gasteiger partial charge in [-0.2, -0.15) is 5.26 Å². The van der Waals surface area contributed by atoms with E-state index in [2.05, 4.69) is 0 Å². The lowest BCUT2D eigenvalue weighted by atomic mass is 10.5. The van der Waals surface area contributed by atoms with Gasteiger partial charge < -0.3 is 0 Å². The van der Waals surface area contributed by atoms with Crippen LogP contribution in [-0.4, -0.2) is 4.57 Å². The van der Waals surface area contributed by atoms with Crippen molar-refractivity contribution in [1.29, 1.82) is 5.26 Å². The Morgan fingerprint density at radius 3 is 2.75 bits per heavy atom. The third-order valence-electron chi connectivity index (χ3n) is 1.06. The summed E-state index contributed by atoms with van der Waals surface area (Å²) in [6.45, 7) is 1.89. The van der Waals surface area contributed by atoms with Gasteiger partial charge in [0, 0.05) is 11.9 Å². The second-order valence-electron chi connectivity index (χ2n) is 1.62. The number of rotatable bonds is 0. The highest BCUT2D eigenvalue weighted by Crippen LogP contribution is 1.95. The van der Waals surface area contributed by atoms with E-state index in [-0.39, 0.29) is 0 Å². The van der Waals surface area contributed by atoms with Gasteiger partial charge in [0.2, 0.25) is 0 Å². The van der Waals surface area contributed by atoms with Gasteiger partial charge in [0.15, 0.2) is 6.19 Å². The molecule has 0 aliphatic carbocycles. The zero-order chi connectivity index (χ0) is 5.98. The molecule has 0 radical (unpaired) electrons. The quantitative estimate of drug-likeness (QED) is 0.487. The van der Waals surface area contributed by atoms with Gasteiger partial charge >= 0.3 is 0 Å². The van der Waals surface area contributed by atoms with Crippen molar-refractivity contribution in [3.8, 4) is 6.19 Å². The molecule has 0 aromatic carbocycles. The van der Waals surface area contributed by atoms with Gasteiger partial charge in [-0.05, 0) is 19.1 Å². The molecule has 0 unspecified atom stereocenters. The van der Waals surface area contributed by atoms with E-state index in [0.717, 1.165) is 5.69 Å². The van der Waals surface area contributed by atoms with Crippen LogP contribution in [-0.2, 0) is 0 Å². The molecule has 0 aliphatic heterocycles. The highest BCUT2D eigenvalue weighted by molar-refractivity contribution is 5.09. The van der Waals surface area contributed by atoms with Crippen molar-refractivity contribution < 1.29 is 0 Å². The summed E-state index contributed by atoms with van der Waals surface area (Å²) < 4.78 is 1.51. The number of hydrogen-bond acceptors (Lipinski definition) is 1. The lowest BCUT2D eigenvalue weighted by molar-refractivity contribution is 1.04. The first kappa shape index (κ1) is 4.92. The Morgan fingerprint density at radius 1 is 1.75 bits per heavy atom. The van der Waals surface area contributed by atoms with E-state index in [0.29, 0.717) is 0 Å². The molecule has 1 aromatic rings. The zero-order valence-corrected chi connectivity index (χ0v) is 4.63. The molecule has 1 rings (SSSR count). The maximum absolute atomic E-state index is 8.32. The third kappa shape index (κ3) is 0.584. The predicted molar refractivity (Wildman–Crippen MR) is 30.2 cm³/mol. The fourth-order valence-electron chi connectivity index (χ4n) is 0.578. The van der Waals surface area contributed by atoms with Crippen molar-refractivity contribution in [3.63, 3.8) is 0 Å². The van der Waals surface area contributed by atoms with Crippen molar-refractivity contribution in [3.05, 3.63) is 24.0 Å². The second-order valence-corrected chi connectivity index (χ2v) is 1.62. The average molecular weight is 106 g/mol. The largest absolute Gasteiger partial charge is 0.259 e. The molecule has 0 spiro atoms. The molecule has 40 valence electrons. The monoisotopic (exact) mass is 106 g/mol. The number of nitriles is 1. The standard InChI is InChI=1S/C6H6N2/c1-6-3-2-4-8(6)5-7/h2-4H,1H3. The van der Waals surface area contributed by atoms with E-state index < -0.39 is 0 Å². The summed E-state index contributed by atoms with van der Waals surface area (Å²) in [5.41, 5.74) is 0.979. The molecule has 2 heteroatoms. The minimum atomic E-state index is 0.979. The summed E-state index contributed by atoms with van der Waals surface area (Å²) in [5, 5.41) is 8.32.